The standard InChI is InChI=1S/C59H35N3/c1-2-11-43(12-3-1)61-55-19-8-6-15-47(55)50-32-39(26-28-57(50)61)36-21-22-40-34-58-51(33-42(40)30-36)48-16-7-9-20-56(48)62(58)44-27-25-37-29-41(24-23-38(37)31-44)54-35-52-46-14-5-4-13-45(46)49-17-10-18-53(60-54)59(49)52/h1-35H. The topological polar surface area (TPSA) is 22.8 Å². The minimum Gasteiger partial charge on any atom is -0.309 e. The van der Waals surface area contributed by atoms with E-state index in [1.807, 2.05) is 0 Å². The van der Waals surface area contributed by atoms with E-state index in [-0.39, 0.29) is 0 Å². The zero-order chi connectivity index (χ0) is 40.5. The van der Waals surface area contributed by atoms with Crippen molar-refractivity contribution in [2.45, 2.75) is 0 Å². The van der Waals surface area contributed by atoms with Gasteiger partial charge in [0.05, 0.1) is 33.3 Å². The number of rotatable bonds is 4. The van der Waals surface area contributed by atoms with Crippen molar-refractivity contribution >= 4 is 76.1 Å². The summed E-state index contributed by atoms with van der Waals surface area (Å²) >= 11 is 0. The maximum Gasteiger partial charge on any atom is 0.0722 e. The summed E-state index contributed by atoms with van der Waals surface area (Å²) in [5.74, 6) is 0. The molecule has 0 atom stereocenters. The molecule has 3 heterocycles. The molecule has 0 saturated heterocycles. The van der Waals surface area contributed by atoms with Gasteiger partial charge in [0.15, 0.2) is 0 Å². The first-order valence-electron chi connectivity index (χ1n) is 21.4. The van der Waals surface area contributed by atoms with Gasteiger partial charge in [-0.3, -0.25) is 0 Å². The molecule has 10 aromatic carbocycles. The quantitative estimate of drug-likeness (QED) is 0.174. The summed E-state index contributed by atoms with van der Waals surface area (Å²) in [4.78, 5) is 5.20. The Balaban J connectivity index is 0.866. The predicted molar refractivity (Wildman–Crippen MR) is 261 cm³/mol. The van der Waals surface area contributed by atoms with E-state index in [0.29, 0.717) is 0 Å². The second kappa shape index (κ2) is 12.6. The van der Waals surface area contributed by atoms with Crippen LogP contribution in [0.3, 0.4) is 0 Å². The van der Waals surface area contributed by atoms with E-state index >= 15 is 0 Å². The predicted octanol–water partition coefficient (Wildman–Crippen LogP) is 15.7. The van der Waals surface area contributed by atoms with Gasteiger partial charge >= 0.3 is 0 Å². The number of hydrogen-bond acceptors (Lipinski definition) is 1. The van der Waals surface area contributed by atoms with Crippen LogP contribution in [0.1, 0.15) is 0 Å². The van der Waals surface area contributed by atoms with Gasteiger partial charge in [0.25, 0.3) is 0 Å². The van der Waals surface area contributed by atoms with Crippen molar-refractivity contribution < 1.29 is 0 Å². The van der Waals surface area contributed by atoms with Gasteiger partial charge in [0.1, 0.15) is 0 Å². The summed E-state index contributed by atoms with van der Waals surface area (Å²) in [5.41, 5.74) is 17.9. The summed E-state index contributed by atoms with van der Waals surface area (Å²) in [6, 6.07) is 78.0. The lowest BCUT2D eigenvalue weighted by molar-refractivity contribution is 1.18. The molecule has 0 unspecified atom stereocenters. The van der Waals surface area contributed by atoms with E-state index in [0.717, 1.165) is 22.5 Å². The van der Waals surface area contributed by atoms with Crippen molar-refractivity contribution in [1.29, 1.82) is 0 Å². The molecule has 0 fully saturated rings. The number of aromatic nitrogens is 3. The van der Waals surface area contributed by atoms with Crippen LogP contribution >= 0.6 is 0 Å². The Morgan fingerprint density at radius 1 is 0.290 bits per heavy atom. The van der Waals surface area contributed by atoms with Gasteiger partial charge in [0, 0.05) is 43.9 Å². The van der Waals surface area contributed by atoms with E-state index in [4.69, 9.17) is 4.98 Å². The highest BCUT2D eigenvalue weighted by Crippen LogP contribution is 2.48. The van der Waals surface area contributed by atoms with Gasteiger partial charge in [-0.05, 0) is 140 Å². The first-order chi connectivity index (χ1) is 30.7. The molecular formula is C59H35N3. The normalized spacial score (nSPS) is 12.2. The van der Waals surface area contributed by atoms with Crippen LogP contribution < -0.4 is 0 Å². The van der Waals surface area contributed by atoms with Gasteiger partial charge < -0.3 is 9.13 Å². The number of fused-ring (bicyclic) bond motifs is 11. The highest BCUT2D eigenvalue weighted by Gasteiger charge is 2.23. The fraction of sp³-hybridized carbons (Fsp3) is 0. The Kier molecular flexibility index (Phi) is 6.83. The van der Waals surface area contributed by atoms with Gasteiger partial charge in [-0.2, -0.15) is 0 Å². The van der Waals surface area contributed by atoms with Gasteiger partial charge in [-0.15, -0.1) is 0 Å². The zero-order valence-electron chi connectivity index (χ0n) is 33.5. The summed E-state index contributed by atoms with van der Waals surface area (Å²) < 4.78 is 4.81. The largest absolute Gasteiger partial charge is 0.309 e. The van der Waals surface area contributed by atoms with Crippen LogP contribution in [0.15, 0.2) is 212 Å². The number of hydrogen-bond donors (Lipinski definition) is 0. The average Bonchev–Trinajstić information content (AvgIpc) is 3.96. The fourth-order valence-corrected chi connectivity index (χ4v) is 10.5. The Hall–Kier alpha value is -8.27. The Morgan fingerprint density at radius 3 is 1.69 bits per heavy atom. The minimum absolute atomic E-state index is 1.00. The van der Waals surface area contributed by atoms with Crippen molar-refractivity contribution in [3.63, 3.8) is 0 Å². The molecule has 62 heavy (non-hydrogen) atoms. The van der Waals surface area contributed by atoms with Gasteiger partial charge in [-0.1, -0.05) is 127 Å². The molecule has 0 spiro atoms. The van der Waals surface area contributed by atoms with Crippen molar-refractivity contribution in [3.8, 4) is 56.0 Å². The van der Waals surface area contributed by atoms with Crippen molar-refractivity contribution in [3.05, 3.63) is 212 Å². The number of benzene rings is 10. The Morgan fingerprint density at radius 2 is 0.871 bits per heavy atom. The molecule has 0 N–H and O–H groups in total. The molecule has 0 bridgehead atoms. The zero-order valence-corrected chi connectivity index (χ0v) is 33.5. The highest BCUT2D eigenvalue weighted by molar-refractivity contribution is 6.16. The van der Waals surface area contributed by atoms with Gasteiger partial charge in [0.2, 0.25) is 0 Å². The molecule has 0 radical (unpaired) electrons. The van der Waals surface area contributed by atoms with E-state index in [1.165, 1.54) is 110 Å². The molecule has 0 saturated carbocycles. The lowest BCUT2D eigenvalue weighted by atomic mass is 9.98. The fourth-order valence-electron chi connectivity index (χ4n) is 10.5. The number of nitrogens with zero attached hydrogens (tertiary/aromatic N) is 3. The maximum atomic E-state index is 5.20. The van der Waals surface area contributed by atoms with Crippen LogP contribution in [0.5, 0.6) is 0 Å². The van der Waals surface area contributed by atoms with Crippen LogP contribution in [0.2, 0.25) is 0 Å². The molecule has 0 aliphatic heterocycles. The average molecular weight is 786 g/mol. The molecular weight excluding hydrogens is 751 g/mol. The van der Waals surface area contributed by atoms with E-state index in [9.17, 15) is 0 Å². The second-order valence-electron chi connectivity index (χ2n) is 16.8. The first-order valence-corrected chi connectivity index (χ1v) is 21.4. The molecule has 13 aromatic rings. The lowest BCUT2D eigenvalue weighted by Crippen LogP contribution is -1.94. The molecule has 3 aromatic heterocycles. The van der Waals surface area contributed by atoms with E-state index < -0.39 is 0 Å². The molecule has 3 nitrogen and oxygen atoms in total. The molecule has 286 valence electrons. The SMILES string of the molecule is c1ccc(-n2c3ccccc3c3cc(-c4ccc5cc6c(cc5c4)c4ccccc4n6-c4ccc5cc(-c6cc7c8c(cccc8n6)-c6ccccc6-7)ccc5c4)ccc32)cc1. The second-order valence-corrected chi connectivity index (χ2v) is 16.8. The molecule has 1 aliphatic rings. The molecule has 1 aliphatic carbocycles. The number of pyridine rings is 1. The smallest absolute Gasteiger partial charge is 0.0722 e. The third kappa shape index (κ3) is 4.79. The van der Waals surface area contributed by atoms with E-state index in [2.05, 4.69) is 221 Å². The monoisotopic (exact) mass is 785 g/mol. The summed E-state index contributed by atoms with van der Waals surface area (Å²) in [6.45, 7) is 0. The minimum atomic E-state index is 1.00. The van der Waals surface area contributed by atoms with Crippen LogP contribution in [0.4, 0.5) is 0 Å². The highest BCUT2D eigenvalue weighted by atomic mass is 15.0. The Labute approximate surface area is 357 Å². The van der Waals surface area contributed by atoms with Gasteiger partial charge in [-0.25, -0.2) is 4.98 Å². The molecule has 3 heteroatoms. The van der Waals surface area contributed by atoms with Crippen molar-refractivity contribution in [2.24, 2.45) is 0 Å². The van der Waals surface area contributed by atoms with Crippen LogP contribution in [0, 0.1) is 0 Å². The van der Waals surface area contributed by atoms with Crippen molar-refractivity contribution in [2.75, 3.05) is 0 Å². The van der Waals surface area contributed by atoms with Crippen LogP contribution in [-0.2, 0) is 0 Å². The molecule has 0 amide bonds. The summed E-state index contributed by atoms with van der Waals surface area (Å²) in [6.07, 6.45) is 0. The van der Waals surface area contributed by atoms with Crippen molar-refractivity contribution in [1.82, 2.24) is 14.1 Å². The summed E-state index contributed by atoms with van der Waals surface area (Å²) in [7, 11) is 0. The summed E-state index contributed by atoms with van der Waals surface area (Å²) in [5, 5.41) is 11.1. The van der Waals surface area contributed by atoms with E-state index in [1.54, 1.807) is 0 Å². The molecule has 14 rings (SSSR count). The third-order valence-corrected chi connectivity index (χ3v) is 13.4. The number of para-hydroxylation sites is 3. The maximum absolute atomic E-state index is 5.20. The lowest BCUT2D eigenvalue weighted by Gasteiger charge is -2.12. The van der Waals surface area contributed by atoms with Crippen LogP contribution in [0.25, 0.3) is 132 Å². The first kappa shape index (κ1) is 33.5. The van der Waals surface area contributed by atoms with Crippen LogP contribution in [-0.4, -0.2) is 14.1 Å². The Bertz CT molecular complexity index is 4040. The third-order valence-electron chi connectivity index (χ3n) is 13.4.